The second-order valence-corrected chi connectivity index (χ2v) is 4.12. The molecule has 0 aliphatic heterocycles. The predicted molar refractivity (Wildman–Crippen MR) is 61.8 cm³/mol. The molecule has 1 rings (SSSR count). The zero-order valence-electron chi connectivity index (χ0n) is 8.51. The number of rotatable bonds is 3. The fraction of sp³-hybridized carbons (Fsp3) is 0.250. The quantitative estimate of drug-likeness (QED) is 0.629. The number of hydrogen-bond acceptors (Lipinski definition) is 5. The van der Waals surface area contributed by atoms with Crippen LogP contribution in [0, 0.1) is 20.2 Å². The predicted octanol–water partition coefficient (Wildman–Crippen LogP) is 2.33. The molecule has 0 aliphatic rings. The molecule has 0 atom stereocenters. The molecule has 0 fully saturated rings. The van der Waals surface area contributed by atoms with Crippen LogP contribution in [-0.2, 0) is 0 Å². The Balaban J connectivity index is 3.60. The number of anilines is 1. The van der Waals surface area contributed by atoms with Crippen molar-refractivity contribution in [1.82, 2.24) is 0 Å². The van der Waals surface area contributed by atoms with E-state index in [0.29, 0.717) is 4.47 Å². The first kappa shape index (κ1) is 12.4. The van der Waals surface area contributed by atoms with E-state index < -0.39 is 9.85 Å². The lowest BCUT2D eigenvalue weighted by atomic mass is 10.2. The highest BCUT2D eigenvalue weighted by molar-refractivity contribution is 9.10. The van der Waals surface area contributed by atoms with Crippen LogP contribution in [0.1, 0.15) is 0 Å². The van der Waals surface area contributed by atoms with Gasteiger partial charge in [0.1, 0.15) is 0 Å². The standard InChI is InChI=1S/C8H8BrN3O4/c1-10(2)8-6(11(13)14)3-5(9)4-7(8)12(15)16/h3-4H,1-2H3. The van der Waals surface area contributed by atoms with Crippen LogP contribution in [-0.4, -0.2) is 23.9 Å². The van der Waals surface area contributed by atoms with Gasteiger partial charge in [0.05, 0.1) is 9.85 Å². The van der Waals surface area contributed by atoms with Crippen LogP contribution in [0.2, 0.25) is 0 Å². The minimum absolute atomic E-state index is 0.0156. The van der Waals surface area contributed by atoms with Crippen molar-refractivity contribution in [3.8, 4) is 0 Å². The molecule has 0 aromatic heterocycles. The fourth-order valence-corrected chi connectivity index (χ4v) is 1.74. The first-order valence-electron chi connectivity index (χ1n) is 4.14. The first-order chi connectivity index (χ1) is 7.34. The summed E-state index contributed by atoms with van der Waals surface area (Å²) in [6, 6.07) is 2.48. The summed E-state index contributed by atoms with van der Waals surface area (Å²) in [7, 11) is 3.03. The molecule has 0 unspecified atom stereocenters. The van der Waals surface area contributed by atoms with E-state index in [4.69, 9.17) is 0 Å². The maximum atomic E-state index is 10.8. The molecule has 1 aromatic rings. The van der Waals surface area contributed by atoms with E-state index in [2.05, 4.69) is 15.9 Å². The summed E-state index contributed by atoms with van der Waals surface area (Å²) in [4.78, 5) is 21.6. The molecule has 0 bridgehead atoms. The van der Waals surface area contributed by atoms with Gasteiger partial charge in [-0.15, -0.1) is 0 Å². The largest absolute Gasteiger partial charge is 0.366 e. The third-order valence-corrected chi connectivity index (χ3v) is 2.33. The Bertz CT molecular complexity index is 426. The molecule has 0 N–H and O–H groups in total. The summed E-state index contributed by atoms with van der Waals surface area (Å²) in [6.07, 6.45) is 0. The van der Waals surface area contributed by atoms with Gasteiger partial charge in [-0.05, 0) is 0 Å². The Morgan fingerprint density at radius 1 is 1.12 bits per heavy atom. The third kappa shape index (κ3) is 2.27. The topological polar surface area (TPSA) is 89.5 Å². The van der Waals surface area contributed by atoms with E-state index in [-0.39, 0.29) is 17.1 Å². The van der Waals surface area contributed by atoms with Crippen molar-refractivity contribution in [1.29, 1.82) is 0 Å². The molecule has 0 radical (unpaired) electrons. The molecule has 1 aromatic carbocycles. The van der Waals surface area contributed by atoms with Crippen LogP contribution in [0.4, 0.5) is 17.1 Å². The number of benzene rings is 1. The second-order valence-electron chi connectivity index (χ2n) is 3.20. The van der Waals surface area contributed by atoms with E-state index in [0.717, 1.165) is 0 Å². The van der Waals surface area contributed by atoms with E-state index >= 15 is 0 Å². The van der Waals surface area contributed by atoms with Crippen LogP contribution in [0.25, 0.3) is 0 Å². The van der Waals surface area contributed by atoms with Crippen molar-refractivity contribution < 1.29 is 9.85 Å². The molecule has 0 saturated heterocycles. The minimum atomic E-state index is -0.646. The summed E-state index contributed by atoms with van der Waals surface area (Å²) in [5.74, 6) is 0. The van der Waals surface area contributed by atoms with Crippen LogP contribution in [0.5, 0.6) is 0 Å². The fourth-order valence-electron chi connectivity index (χ4n) is 1.31. The van der Waals surface area contributed by atoms with E-state index in [1.165, 1.54) is 31.1 Å². The average Bonchev–Trinajstić information content (AvgIpc) is 2.15. The summed E-state index contributed by atoms with van der Waals surface area (Å²) >= 11 is 3.01. The minimum Gasteiger partial charge on any atom is -0.366 e. The van der Waals surface area contributed by atoms with Gasteiger partial charge in [-0.3, -0.25) is 20.2 Å². The number of nitrogens with zero attached hydrogens (tertiary/aromatic N) is 3. The van der Waals surface area contributed by atoms with Crippen LogP contribution < -0.4 is 4.90 Å². The molecule has 0 spiro atoms. The molecule has 0 aliphatic carbocycles. The summed E-state index contributed by atoms with van der Waals surface area (Å²) in [5.41, 5.74) is -0.615. The van der Waals surface area contributed by atoms with Crippen molar-refractivity contribution in [2.75, 3.05) is 19.0 Å². The summed E-state index contributed by atoms with van der Waals surface area (Å²) in [6.45, 7) is 0. The third-order valence-electron chi connectivity index (χ3n) is 1.88. The van der Waals surface area contributed by atoms with Gasteiger partial charge in [0.25, 0.3) is 0 Å². The molecule has 8 heteroatoms. The van der Waals surface area contributed by atoms with Gasteiger partial charge in [-0.2, -0.15) is 0 Å². The Labute approximate surface area is 99.1 Å². The zero-order chi connectivity index (χ0) is 12.5. The Hall–Kier alpha value is -1.70. The molecule has 0 saturated carbocycles. The van der Waals surface area contributed by atoms with Crippen molar-refractivity contribution in [3.05, 3.63) is 36.8 Å². The number of halogens is 1. The molecular formula is C8H8BrN3O4. The first-order valence-corrected chi connectivity index (χ1v) is 4.93. The highest BCUT2D eigenvalue weighted by Crippen LogP contribution is 2.38. The molecular weight excluding hydrogens is 282 g/mol. The number of nitro groups is 2. The smallest absolute Gasteiger partial charge is 0.300 e. The van der Waals surface area contributed by atoms with Crippen molar-refractivity contribution in [2.45, 2.75) is 0 Å². The van der Waals surface area contributed by atoms with Crippen molar-refractivity contribution >= 4 is 33.0 Å². The lowest BCUT2D eigenvalue weighted by molar-refractivity contribution is -0.392. The lowest BCUT2D eigenvalue weighted by Gasteiger charge is -2.12. The highest BCUT2D eigenvalue weighted by atomic mass is 79.9. The maximum Gasteiger partial charge on any atom is 0.300 e. The second kappa shape index (κ2) is 4.44. The SMILES string of the molecule is CN(C)c1c([N+](=O)[O-])cc(Br)cc1[N+](=O)[O-]. The van der Waals surface area contributed by atoms with E-state index in [9.17, 15) is 20.2 Å². The molecule has 16 heavy (non-hydrogen) atoms. The summed E-state index contributed by atoms with van der Waals surface area (Å²) < 4.78 is 0.302. The van der Waals surface area contributed by atoms with Gasteiger partial charge in [0.15, 0.2) is 5.69 Å². The summed E-state index contributed by atoms with van der Waals surface area (Å²) in [5, 5.41) is 21.6. The highest BCUT2D eigenvalue weighted by Gasteiger charge is 2.27. The van der Waals surface area contributed by atoms with Crippen LogP contribution in [0.15, 0.2) is 16.6 Å². The maximum absolute atomic E-state index is 10.8. The van der Waals surface area contributed by atoms with Crippen LogP contribution in [0.3, 0.4) is 0 Å². The van der Waals surface area contributed by atoms with Gasteiger partial charge in [0, 0.05) is 30.7 Å². The Kier molecular flexibility index (Phi) is 3.43. The molecule has 86 valence electrons. The van der Waals surface area contributed by atoms with Crippen molar-refractivity contribution in [3.63, 3.8) is 0 Å². The zero-order valence-corrected chi connectivity index (χ0v) is 10.1. The van der Waals surface area contributed by atoms with E-state index in [1.807, 2.05) is 0 Å². The van der Waals surface area contributed by atoms with Crippen molar-refractivity contribution in [2.24, 2.45) is 0 Å². The van der Waals surface area contributed by atoms with Gasteiger partial charge >= 0.3 is 11.4 Å². The van der Waals surface area contributed by atoms with E-state index in [1.54, 1.807) is 0 Å². The van der Waals surface area contributed by atoms with Crippen LogP contribution >= 0.6 is 15.9 Å². The Morgan fingerprint density at radius 2 is 1.50 bits per heavy atom. The average molecular weight is 290 g/mol. The molecule has 0 heterocycles. The van der Waals surface area contributed by atoms with Gasteiger partial charge in [-0.25, -0.2) is 0 Å². The number of hydrogen-bond donors (Lipinski definition) is 0. The molecule has 0 amide bonds. The van der Waals surface area contributed by atoms with Gasteiger partial charge in [-0.1, -0.05) is 15.9 Å². The van der Waals surface area contributed by atoms with Gasteiger partial charge < -0.3 is 4.90 Å². The normalized spacial score (nSPS) is 9.94. The number of nitro benzene ring substituents is 2. The molecule has 7 nitrogen and oxygen atoms in total. The lowest BCUT2D eigenvalue weighted by Crippen LogP contribution is -2.13. The Morgan fingerprint density at radius 3 is 1.75 bits per heavy atom. The van der Waals surface area contributed by atoms with Gasteiger partial charge in [0.2, 0.25) is 0 Å². The monoisotopic (exact) mass is 289 g/mol.